The molecule has 0 atom stereocenters. The van der Waals surface area contributed by atoms with Gasteiger partial charge in [-0.25, -0.2) is 0 Å². The molecule has 4 rings (SSSR count). The molecule has 34 heavy (non-hydrogen) atoms. The molecule has 3 aromatic rings. The first kappa shape index (κ1) is 22.6. The lowest BCUT2D eigenvalue weighted by atomic mass is 10.0. The molecule has 8 heteroatoms. The zero-order valence-electron chi connectivity index (χ0n) is 19.1. The van der Waals surface area contributed by atoms with E-state index in [0.717, 1.165) is 0 Å². The first-order valence-electron chi connectivity index (χ1n) is 10.7. The Morgan fingerprint density at radius 1 is 0.912 bits per heavy atom. The third kappa shape index (κ3) is 4.47. The maximum absolute atomic E-state index is 12.7. The van der Waals surface area contributed by atoms with Crippen LogP contribution in [0, 0.1) is 0 Å². The Hall–Kier alpha value is -4.59. The SMILES string of the molecule is C/C(Nc1ccc(C(=O)Nc2ccccc2N)cc1)=C1/C(=O)Nc2ccc(C(=O)N(C)C)cc21. The van der Waals surface area contributed by atoms with Gasteiger partial charge in [0.2, 0.25) is 0 Å². The Morgan fingerprint density at radius 2 is 1.59 bits per heavy atom. The van der Waals surface area contributed by atoms with Crippen molar-refractivity contribution in [2.75, 3.05) is 35.8 Å². The number of hydrogen-bond acceptors (Lipinski definition) is 5. The number of carbonyl (C=O) groups is 3. The van der Waals surface area contributed by atoms with Gasteiger partial charge in [0, 0.05) is 47.9 Å². The van der Waals surface area contributed by atoms with Crippen LogP contribution >= 0.6 is 0 Å². The van der Waals surface area contributed by atoms with Gasteiger partial charge in [0.1, 0.15) is 0 Å². The number of anilines is 4. The van der Waals surface area contributed by atoms with Crippen molar-refractivity contribution in [1.29, 1.82) is 0 Å². The summed E-state index contributed by atoms with van der Waals surface area (Å²) in [4.78, 5) is 39.1. The van der Waals surface area contributed by atoms with Gasteiger partial charge >= 0.3 is 0 Å². The Labute approximate surface area is 197 Å². The largest absolute Gasteiger partial charge is 0.397 e. The number of allylic oxidation sites excluding steroid dienone is 1. The molecule has 0 bridgehead atoms. The Kier molecular flexibility index (Phi) is 6.05. The molecule has 0 fully saturated rings. The third-order valence-electron chi connectivity index (χ3n) is 5.48. The molecule has 0 saturated carbocycles. The second kappa shape index (κ2) is 9.11. The highest BCUT2D eigenvalue weighted by atomic mass is 16.2. The minimum atomic E-state index is -0.276. The summed E-state index contributed by atoms with van der Waals surface area (Å²) in [6.45, 7) is 1.79. The number of nitrogens with two attached hydrogens (primary N) is 1. The summed E-state index contributed by atoms with van der Waals surface area (Å²) >= 11 is 0. The van der Waals surface area contributed by atoms with Crippen LogP contribution in [0.5, 0.6) is 0 Å². The van der Waals surface area contributed by atoms with E-state index in [2.05, 4.69) is 16.0 Å². The molecule has 0 saturated heterocycles. The van der Waals surface area contributed by atoms with Crippen LogP contribution in [-0.2, 0) is 4.79 Å². The molecule has 5 N–H and O–H groups in total. The third-order valence-corrected chi connectivity index (χ3v) is 5.48. The first-order chi connectivity index (χ1) is 16.2. The molecule has 8 nitrogen and oxygen atoms in total. The van der Waals surface area contributed by atoms with Gasteiger partial charge in [-0.05, 0) is 61.5 Å². The number of fused-ring (bicyclic) bond motifs is 1. The summed E-state index contributed by atoms with van der Waals surface area (Å²) in [5, 5.41) is 8.85. The van der Waals surface area contributed by atoms with Crippen molar-refractivity contribution in [3.63, 3.8) is 0 Å². The van der Waals surface area contributed by atoms with Crippen LogP contribution in [0.25, 0.3) is 5.57 Å². The van der Waals surface area contributed by atoms with Gasteiger partial charge in [0.25, 0.3) is 17.7 Å². The average molecular weight is 456 g/mol. The second-order valence-corrected chi connectivity index (χ2v) is 8.16. The first-order valence-corrected chi connectivity index (χ1v) is 10.7. The zero-order chi connectivity index (χ0) is 24.4. The summed E-state index contributed by atoms with van der Waals surface area (Å²) < 4.78 is 0. The number of rotatable bonds is 5. The Morgan fingerprint density at radius 3 is 2.26 bits per heavy atom. The number of hydrogen-bond donors (Lipinski definition) is 4. The number of benzene rings is 3. The predicted molar refractivity (Wildman–Crippen MR) is 135 cm³/mol. The Bertz CT molecular complexity index is 1330. The van der Waals surface area contributed by atoms with Crippen LogP contribution in [0.15, 0.2) is 72.4 Å². The highest BCUT2D eigenvalue weighted by Crippen LogP contribution is 2.35. The number of amides is 3. The van der Waals surface area contributed by atoms with E-state index in [9.17, 15) is 14.4 Å². The number of para-hydroxylation sites is 2. The Balaban J connectivity index is 1.54. The van der Waals surface area contributed by atoms with Crippen LogP contribution < -0.4 is 21.7 Å². The van der Waals surface area contributed by atoms with Crippen molar-refractivity contribution in [2.24, 2.45) is 0 Å². The molecule has 0 aromatic heterocycles. The molecule has 1 heterocycles. The van der Waals surface area contributed by atoms with Crippen LogP contribution in [0.4, 0.5) is 22.7 Å². The smallest absolute Gasteiger partial charge is 0.258 e. The summed E-state index contributed by atoms with van der Waals surface area (Å²) in [5.74, 6) is -0.661. The molecule has 1 aliphatic rings. The molecule has 1 aliphatic heterocycles. The van der Waals surface area contributed by atoms with Crippen molar-refractivity contribution < 1.29 is 14.4 Å². The monoisotopic (exact) mass is 455 g/mol. The molecule has 3 amide bonds. The van der Waals surface area contributed by atoms with Crippen LogP contribution in [-0.4, -0.2) is 36.7 Å². The molecule has 3 aromatic carbocycles. The lowest BCUT2D eigenvalue weighted by Gasteiger charge is -2.13. The topological polar surface area (TPSA) is 117 Å². The van der Waals surface area contributed by atoms with Crippen LogP contribution in [0.3, 0.4) is 0 Å². The van der Waals surface area contributed by atoms with E-state index in [-0.39, 0.29) is 17.7 Å². The van der Waals surface area contributed by atoms with Gasteiger partial charge in [-0.3, -0.25) is 14.4 Å². The summed E-state index contributed by atoms with van der Waals surface area (Å²) in [5.41, 5.74) is 11.0. The molecular weight excluding hydrogens is 430 g/mol. The highest BCUT2D eigenvalue weighted by Gasteiger charge is 2.27. The molecule has 0 unspecified atom stereocenters. The average Bonchev–Trinajstić information content (AvgIpc) is 3.15. The number of nitrogens with one attached hydrogen (secondary N) is 3. The van der Waals surface area contributed by atoms with E-state index in [1.807, 2.05) is 0 Å². The summed E-state index contributed by atoms with van der Waals surface area (Å²) in [7, 11) is 3.36. The molecular formula is C26H25N5O3. The van der Waals surface area contributed by atoms with Crippen LogP contribution in [0.2, 0.25) is 0 Å². The molecule has 0 spiro atoms. The number of carbonyl (C=O) groups excluding carboxylic acids is 3. The lowest BCUT2D eigenvalue weighted by molar-refractivity contribution is -0.110. The van der Waals surface area contributed by atoms with Crippen molar-refractivity contribution in [1.82, 2.24) is 4.90 Å². The standard InChI is InChI=1S/C26H25N5O3/c1-15(23-19-14-17(26(34)31(2)3)10-13-21(19)29-25(23)33)28-18-11-8-16(9-12-18)24(32)30-22-7-5-4-6-20(22)27/h4-14,28H,27H2,1-3H3,(H,29,33)(H,30,32)/b23-15-. The zero-order valence-corrected chi connectivity index (χ0v) is 19.1. The van der Waals surface area contributed by atoms with Gasteiger partial charge in [-0.1, -0.05) is 12.1 Å². The maximum atomic E-state index is 12.7. The van der Waals surface area contributed by atoms with E-state index in [4.69, 9.17) is 5.73 Å². The summed E-state index contributed by atoms with van der Waals surface area (Å²) in [6, 6.07) is 19.1. The van der Waals surface area contributed by atoms with Gasteiger partial charge in [0.15, 0.2) is 0 Å². The summed E-state index contributed by atoms with van der Waals surface area (Å²) in [6.07, 6.45) is 0. The van der Waals surface area contributed by atoms with Gasteiger partial charge in [0.05, 0.1) is 16.9 Å². The van der Waals surface area contributed by atoms with Crippen molar-refractivity contribution >= 4 is 46.0 Å². The fourth-order valence-corrected chi connectivity index (χ4v) is 3.72. The predicted octanol–water partition coefficient (Wildman–Crippen LogP) is 4.02. The number of nitrogens with zero attached hydrogens (tertiary/aromatic N) is 1. The van der Waals surface area contributed by atoms with Crippen molar-refractivity contribution in [2.45, 2.75) is 6.92 Å². The van der Waals surface area contributed by atoms with Crippen molar-refractivity contribution in [3.8, 4) is 0 Å². The number of nitrogen functional groups attached to an aromatic ring is 1. The van der Waals surface area contributed by atoms with Crippen molar-refractivity contribution in [3.05, 3.63) is 89.1 Å². The van der Waals surface area contributed by atoms with E-state index in [1.165, 1.54) is 4.90 Å². The molecule has 0 aliphatic carbocycles. The highest BCUT2D eigenvalue weighted by molar-refractivity contribution is 6.32. The van der Waals surface area contributed by atoms with E-state index in [0.29, 0.717) is 50.7 Å². The van der Waals surface area contributed by atoms with Crippen LogP contribution in [0.1, 0.15) is 33.2 Å². The quantitative estimate of drug-likeness (QED) is 0.343. The minimum absolute atomic E-state index is 0.141. The van der Waals surface area contributed by atoms with E-state index >= 15 is 0 Å². The second-order valence-electron chi connectivity index (χ2n) is 8.16. The van der Waals surface area contributed by atoms with Gasteiger partial charge in [-0.2, -0.15) is 0 Å². The normalized spacial score (nSPS) is 13.6. The van der Waals surface area contributed by atoms with Gasteiger partial charge < -0.3 is 26.6 Å². The fraction of sp³-hybridized carbons (Fsp3) is 0.115. The van der Waals surface area contributed by atoms with E-state index in [1.54, 1.807) is 87.7 Å². The molecule has 0 radical (unpaired) electrons. The maximum Gasteiger partial charge on any atom is 0.258 e. The fourth-order valence-electron chi connectivity index (χ4n) is 3.72. The van der Waals surface area contributed by atoms with E-state index < -0.39 is 0 Å². The lowest BCUT2D eigenvalue weighted by Crippen LogP contribution is -2.21. The minimum Gasteiger partial charge on any atom is -0.397 e. The van der Waals surface area contributed by atoms with Gasteiger partial charge in [-0.15, -0.1) is 0 Å². The molecule has 172 valence electrons.